The highest BCUT2D eigenvalue weighted by atomic mass is 16.5. The molecule has 2 aromatic rings. The number of hydrogen-bond acceptors (Lipinski definition) is 4. The topological polar surface area (TPSA) is 50.8 Å². The highest BCUT2D eigenvalue weighted by Gasteiger charge is 2.17. The molecule has 1 saturated heterocycles. The van der Waals surface area contributed by atoms with Gasteiger partial charge in [0.15, 0.2) is 0 Å². The number of nitrogens with one attached hydrogen (secondary N) is 1. The molecule has 0 aliphatic carbocycles. The summed E-state index contributed by atoms with van der Waals surface area (Å²) in [6, 6.07) is 16.9. The Bertz CT molecular complexity index is 802. The lowest BCUT2D eigenvalue weighted by molar-refractivity contribution is -0.121. The van der Waals surface area contributed by atoms with Crippen LogP contribution >= 0.6 is 0 Å². The first kappa shape index (κ1) is 22.3. The van der Waals surface area contributed by atoms with E-state index < -0.39 is 0 Å². The van der Waals surface area contributed by atoms with Gasteiger partial charge in [0.25, 0.3) is 0 Å². The fourth-order valence-corrected chi connectivity index (χ4v) is 3.78. The summed E-state index contributed by atoms with van der Waals surface area (Å²) < 4.78 is 11.4. The third-order valence-corrected chi connectivity index (χ3v) is 5.64. The van der Waals surface area contributed by atoms with E-state index in [0.717, 1.165) is 50.3 Å². The van der Waals surface area contributed by atoms with Crippen LogP contribution in [0.5, 0.6) is 5.75 Å². The van der Waals surface area contributed by atoms with E-state index in [1.807, 2.05) is 30.3 Å². The number of aryl methyl sites for hydroxylation is 2. The number of ether oxygens (including phenoxy) is 2. The zero-order valence-electron chi connectivity index (χ0n) is 18.2. The van der Waals surface area contributed by atoms with Gasteiger partial charge in [-0.3, -0.25) is 9.69 Å². The monoisotopic (exact) mass is 410 g/mol. The van der Waals surface area contributed by atoms with Crippen LogP contribution in [0.25, 0.3) is 0 Å². The van der Waals surface area contributed by atoms with Crippen molar-refractivity contribution in [3.63, 3.8) is 0 Å². The third kappa shape index (κ3) is 7.47. The standard InChI is InChI=1S/C25H34N2O3/c1-20-5-3-6-21(17-20)9-10-25(28)26-19-22-7-4-8-24(18-22)30-16-13-27(2)23-11-14-29-15-12-23/h3-8,17-18,23H,9-16,19H2,1-2H3,(H,26,28). The van der Waals surface area contributed by atoms with Gasteiger partial charge in [0.2, 0.25) is 5.91 Å². The Hall–Kier alpha value is -2.37. The van der Waals surface area contributed by atoms with E-state index in [1.54, 1.807) is 0 Å². The van der Waals surface area contributed by atoms with Crippen LogP contribution < -0.4 is 10.1 Å². The van der Waals surface area contributed by atoms with Crippen LogP contribution in [0, 0.1) is 6.92 Å². The van der Waals surface area contributed by atoms with Crippen molar-refractivity contribution in [2.45, 2.75) is 45.2 Å². The molecule has 1 fully saturated rings. The van der Waals surface area contributed by atoms with Gasteiger partial charge >= 0.3 is 0 Å². The lowest BCUT2D eigenvalue weighted by Crippen LogP contribution is -2.38. The summed E-state index contributed by atoms with van der Waals surface area (Å²) in [7, 11) is 2.15. The normalized spacial score (nSPS) is 14.6. The molecule has 5 heteroatoms. The smallest absolute Gasteiger partial charge is 0.220 e. The first-order chi connectivity index (χ1) is 14.6. The van der Waals surface area contributed by atoms with Gasteiger partial charge in [0, 0.05) is 38.8 Å². The maximum absolute atomic E-state index is 12.2. The van der Waals surface area contributed by atoms with Gasteiger partial charge in [-0.2, -0.15) is 0 Å². The molecule has 0 radical (unpaired) electrons. The fourth-order valence-electron chi connectivity index (χ4n) is 3.78. The molecule has 0 spiro atoms. The molecule has 2 aromatic carbocycles. The van der Waals surface area contributed by atoms with Gasteiger partial charge in [0.1, 0.15) is 12.4 Å². The van der Waals surface area contributed by atoms with Crippen LogP contribution in [0.3, 0.4) is 0 Å². The number of likely N-dealkylation sites (N-methyl/N-ethyl adjacent to an activating group) is 1. The Balaban J connectivity index is 1.37. The van der Waals surface area contributed by atoms with Gasteiger partial charge in [-0.25, -0.2) is 0 Å². The predicted molar refractivity (Wildman–Crippen MR) is 120 cm³/mol. The first-order valence-corrected chi connectivity index (χ1v) is 10.9. The van der Waals surface area contributed by atoms with Gasteiger partial charge in [0.05, 0.1) is 0 Å². The fraction of sp³-hybridized carbons (Fsp3) is 0.480. The predicted octanol–water partition coefficient (Wildman–Crippen LogP) is 3.73. The zero-order chi connectivity index (χ0) is 21.2. The molecule has 1 amide bonds. The van der Waals surface area contributed by atoms with Gasteiger partial charge in [-0.15, -0.1) is 0 Å². The SMILES string of the molecule is Cc1cccc(CCC(=O)NCc2cccc(OCCN(C)C3CCOCC3)c2)c1. The maximum Gasteiger partial charge on any atom is 0.220 e. The van der Waals surface area contributed by atoms with Crippen molar-refractivity contribution in [2.75, 3.05) is 33.4 Å². The van der Waals surface area contributed by atoms with Crippen LogP contribution in [-0.2, 0) is 22.5 Å². The summed E-state index contributed by atoms with van der Waals surface area (Å²) in [5.74, 6) is 0.919. The van der Waals surface area contributed by atoms with Crippen molar-refractivity contribution in [3.05, 3.63) is 65.2 Å². The van der Waals surface area contributed by atoms with E-state index in [9.17, 15) is 4.79 Å². The maximum atomic E-state index is 12.2. The number of nitrogens with zero attached hydrogens (tertiary/aromatic N) is 1. The van der Waals surface area contributed by atoms with E-state index >= 15 is 0 Å². The molecule has 0 bridgehead atoms. The molecule has 1 heterocycles. The molecule has 1 aliphatic heterocycles. The first-order valence-electron chi connectivity index (χ1n) is 10.9. The Morgan fingerprint density at radius 3 is 2.70 bits per heavy atom. The van der Waals surface area contributed by atoms with Crippen molar-refractivity contribution >= 4 is 5.91 Å². The second-order valence-corrected chi connectivity index (χ2v) is 8.09. The summed E-state index contributed by atoms with van der Waals surface area (Å²) >= 11 is 0. The van der Waals surface area contributed by atoms with Crippen molar-refractivity contribution < 1.29 is 14.3 Å². The van der Waals surface area contributed by atoms with E-state index in [-0.39, 0.29) is 5.91 Å². The Morgan fingerprint density at radius 1 is 1.13 bits per heavy atom. The molecular formula is C25H34N2O3. The Kier molecular flexibility index (Phi) is 8.72. The molecule has 0 atom stereocenters. The summed E-state index contributed by atoms with van der Waals surface area (Å²) in [6.07, 6.45) is 3.45. The molecule has 0 unspecified atom stereocenters. The second kappa shape index (κ2) is 11.7. The Labute approximate surface area is 180 Å². The van der Waals surface area contributed by atoms with Crippen LogP contribution in [0.1, 0.15) is 36.0 Å². The van der Waals surface area contributed by atoms with Gasteiger partial charge in [-0.1, -0.05) is 42.0 Å². The molecule has 3 rings (SSSR count). The molecule has 1 aliphatic rings. The van der Waals surface area contributed by atoms with Crippen LogP contribution in [-0.4, -0.2) is 50.3 Å². The van der Waals surface area contributed by atoms with Crippen LogP contribution in [0.4, 0.5) is 0 Å². The average Bonchev–Trinajstić information content (AvgIpc) is 2.77. The van der Waals surface area contributed by atoms with Gasteiger partial charge < -0.3 is 14.8 Å². The van der Waals surface area contributed by atoms with Gasteiger partial charge in [-0.05, 0) is 56.5 Å². The molecular weight excluding hydrogens is 376 g/mol. The number of carbonyl (C=O) groups excluding carboxylic acids is 1. The van der Waals surface area contributed by atoms with Crippen molar-refractivity contribution in [2.24, 2.45) is 0 Å². The molecule has 5 nitrogen and oxygen atoms in total. The summed E-state index contributed by atoms with van der Waals surface area (Å²) in [5.41, 5.74) is 3.48. The lowest BCUT2D eigenvalue weighted by Gasteiger charge is -2.31. The largest absolute Gasteiger partial charge is 0.492 e. The molecule has 0 saturated carbocycles. The minimum absolute atomic E-state index is 0.0703. The highest BCUT2D eigenvalue weighted by Crippen LogP contribution is 2.15. The Morgan fingerprint density at radius 2 is 1.90 bits per heavy atom. The van der Waals surface area contributed by atoms with Crippen molar-refractivity contribution in [1.29, 1.82) is 0 Å². The van der Waals surface area contributed by atoms with Crippen LogP contribution in [0.15, 0.2) is 48.5 Å². The minimum Gasteiger partial charge on any atom is -0.492 e. The summed E-state index contributed by atoms with van der Waals surface area (Å²) in [4.78, 5) is 14.6. The van der Waals surface area contributed by atoms with E-state index in [4.69, 9.17) is 9.47 Å². The van der Waals surface area contributed by atoms with E-state index in [2.05, 4.69) is 42.4 Å². The molecule has 30 heavy (non-hydrogen) atoms. The number of benzene rings is 2. The third-order valence-electron chi connectivity index (χ3n) is 5.64. The summed E-state index contributed by atoms with van der Waals surface area (Å²) in [5, 5.41) is 3.01. The number of hydrogen-bond donors (Lipinski definition) is 1. The van der Waals surface area contributed by atoms with Crippen LogP contribution in [0.2, 0.25) is 0 Å². The molecule has 1 N–H and O–H groups in total. The zero-order valence-corrected chi connectivity index (χ0v) is 18.2. The number of rotatable bonds is 10. The minimum atomic E-state index is 0.0703. The lowest BCUT2D eigenvalue weighted by atomic mass is 10.1. The number of amides is 1. The van der Waals surface area contributed by atoms with Crippen molar-refractivity contribution in [1.82, 2.24) is 10.2 Å². The second-order valence-electron chi connectivity index (χ2n) is 8.09. The quantitative estimate of drug-likeness (QED) is 0.648. The highest BCUT2D eigenvalue weighted by molar-refractivity contribution is 5.76. The molecule has 0 aromatic heterocycles. The van der Waals surface area contributed by atoms with Crippen molar-refractivity contribution in [3.8, 4) is 5.75 Å². The van der Waals surface area contributed by atoms with E-state index in [1.165, 1.54) is 11.1 Å². The number of carbonyl (C=O) groups is 1. The average molecular weight is 411 g/mol. The van der Waals surface area contributed by atoms with E-state index in [0.29, 0.717) is 25.6 Å². The molecule has 162 valence electrons. The summed E-state index contributed by atoms with van der Waals surface area (Å²) in [6.45, 7) is 5.85.